The molecule has 0 radical (unpaired) electrons. The summed E-state index contributed by atoms with van der Waals surface area (Å²) in [5.74, 6) is -0.223. The molecule has 16 heavy (non-hydrogen) atoms. The Labute approximate surface area is 91.5 Å². The number of aromatic nitrogens is 3. The minimum Gasteiger partial charge on any atom is -0.480 e. The SMILES string of the molecule is O=C(O)C1(c2ncc(-c3cc[nH]c3)[nH]2)CC1. The fraction of sp³-hybridized carbons (Fsp3) is 0.273. The van der Waals surface area contributed by atoms with Crippen molar-refractivity contribution in [1.29, 1.82) is 0 Å². The minimum absolute atomic E-state index is 0.566. The zero-order valence-corrected chi connectivity index (χ0v) is 8.53. The number of hydrogen-bond donors (Lipinski definition) is 3. The highest BCUT2D eigenvalue weighted by molar-refractivity contribution is 5.83. The number of carboxylic acid groups (broad SMARTS) is 1. The highest BCUT2D eigenvalue weighted by atomic mass is 16.4. The van der Waals surface area contributed by atoms with E-state index in [-0.39, 0.29) is 0 Å². The van der Waals surface area contributed by atoms with Crippen LogP contribution in [0.1, 0.15) is 18.7 Å². The van der Waals surface area contributed by atoms with Crippen LogP contribution in [0.3, 0.4) is 0 Å². The van der Waals surface area contributed by atoms with E-state index in [4.69, 9.17) is 5.11 Å². The van der Waals surface area contributed by atoms with Gasteiger partial charge in [0.1, 0.15) is 11.2 Å². The van der Waals surface area contributed by atoms with Crippen molar-refractivity contribution in [2.75, 3.05) is 0 Å². The average Bonchev–Trinajstić information content (AvgIpc) is 2.75. The van der Waals surface area contributed by atoms with E-state index in [1.165, 1.54) is 0 Å². The molecule has 5 nitrogen and oxygen atoms in total. The molecule has 0 aromatic carbocycles. The summed E-state index contributed by atoms with van der Waals surface area (Å²) in [4.78, 5) is 21.3. The molecule has 2 aromatic heterocycles. The van der Waals surface area contributed by atoms with Crippen LogP contribution in [0.4, 0.5) is 0 Å². The summed E-state index contributed by atoms with van der Waals surface area (Å²) in [6, 6.07) is 1.91. The second-order valence-electron chi connectivity index (χ2n) is 4.13. The standard InChI is InChI=1S/C11H11N3O2/c15-10(16)11(2-3-11)9-13-6-8(14-9)7-1-4-12-5-7/h1,4-6,12H,2-3H2,(H,13,14)(H,15,16). The lowest BCUT2D eigenvalue weighted by molar-refractivity contribution is -0.140. The number of H-pyrrole nitrogens is 2. The van der Waals surface area contributed by atoms with Crippen LogP contribution >= 0.6 is 0 Å². The highest BCUT2D eigenvalue weighted by Crippen LogP contribution is 2.47. The average molecular weight is 217 g/mol. The molecule has 3 N–H and O–H groups in total. The van der Waals surface area contributed by atoms with Gasteiger partial charge < -0.3 is 15.1 Å². The van der Waals surface area contributed by atoms with Gasteiger partial charge in [0.25, 0.3) is 0 Å². The molecule has 0 bridgehead atoms. The molecule has 1 aliphatic carbocycles. The zero-order valence-electron chi connectivity index (χ0n) is 8.53. The third-order valence-electron chi connectivity index (χ3n) is 3.10. The third-order valence-corrected chi connectivity index (χ3v) is 3.10. The molecular weight excluding hydrogens is 206 g/mol. The van der Waals surface area contributed by atoms with Crippen LogP contribution in [-0.2, 0) is 10.2 Å². The van der Waals surface area contributed by atoms with Crippen LogP contribution in [0, 0.1) is 0 Å². The van der Waals surface area contributed by atoms with Crippen LogP contribution in [0.15, 0.2) is 24.7 Å². The Morgan fingerprint density at radius 2 is 2.31 bits per heavy atom. The summed E-state index contributed by atoms with van der Waals surface area (Å²) in [6.07, 6.45) is 6.68. The predicted molar refractivity (Wildman–Crippen MR) is 56.9 cm³/mol. The second-order valence-corrected chi connectivity index (χ2v) is 4.13. The van der Waals surface area contributed by atoms with E-state index in [1.807, 2.05) is 18.5 Å². The lowest BCUT2D eigenvalue weighted by Gasteiger charge is -2.04. The number of carbonyl (C=O) groups is 1. The van der Waals surface area contributed by atoms with E-state index in [2.05, 4.69) is 15.0 Å². The maximum Gasteiger partial charge on any atom is 0.317 e. The minimum atomic E-state index is -0.789. The van der Waals surface area contributed by atoms with Gasteiger partial charge >= 0.3 is 5.97 Å². The molecule has 3 rings (SSSR count). The summed E-state index contributed by atoms with van der Waals surface area (Å²) >= 11 is 0. The van der Waals surface area contributed by atoms with Gasteiger partial charge in [0.05, 0.1) is 11.9 Å². The Hall–Kier alpha value is -2.04. The fourth-order valence-corrected chi connectivity index (χ4v) is 1.88. The second kappa shape index (κ2) is 2.98. The van der Waals surface area contributed by atoms with Gasteiger partial charge in [0, 0.05) is 18.0 Å². The van der Waals surface area contributed by atoms with Gasteiger partial charge in [0.2, 0.25) is 0 Å². The number of hydrogen-bond acceptors (Lipinski definition) is 2. The monoisotopic (exact) mass is 217 g/mol. The van der Waals surface area contributed by atoms with Crippen molar-refractivity contribution in [3.63, 3.8) is 0 Å². The molecule has 5 heteroatoms. The molecule has 1 aliphatic rings. The lowest BCUT2D eigenvalue weighted by Crippen LogP contribution is -2.20. The molecular formula is C11H11N3O2. The van der Waals surface area contributed by atoms with Gasteiger partial charge in [-0.1, -0.05) is 0 Å². The fourth-order valence-electron chi connectivity index (χ4n) is 1.88. The van der Waals surface area contributed by atoms with E-state index in [1.54, 1.807) is 6.20 Å². The van der Waals surface area contributed by atoms with Crippen molar-refractivity contribution < 1.29 is 9.90 Å². The summed E-state index contributed by atoms with van der Waals surface area (Å²) in [7, 11) is 0. The first-order valence-electron chi connectivity index (χ1n) is 5.14. The topological polar surface area (TPSA) is 81.8 Å². The Kier molecular flexibility index (Phi) is 1.71. The van der Waals surface area contributed by atoms with Crippen molar-refractivity contribution >= 4 is 5.97 Å². The van der Waals surface area contributed by atoms with Gasteiger partial charge in [-0.25, -0.2) is 4.98 Å². The number of aliphatic carboxylic acids is 1. The van der Waals surface area contributed by atoms with Crippen molar-refractivity contribution in [2.24, 2.45) is 0 Å². The molecule has 2 aromatic rings. The molecule has 2 heterocycles. The number of carboxylic acids is 1. The van der Waals surface area contributed by atoms with E-state index in [0.29, 0.717) is 18.7 Å². The van der Waals surface area contributed by atoms with E-state index < -0.39 is 11.4 Å². The normalized spacial score (nSPS) is 17.2. The first-order chi connectivity index (χ1) is 7.72. The molecule has 0 aliphatic heterocycles. The maximum atomic E-state index is 11.1. The molecule has 0 spiro atoms. The van der Waals surface area contributed by atoms with E-state index >= 15 is 0 Å². The number of rotatable bonds is 3. The van der Waals surface area contributed by atoms with Gasteiger partial charge in [0.15, 0.2) is 0 Å². The number of aromatic amines is 2. The Morgan fingerprint density at radius 1 is 1.50 bits per heavy atom. The number of nitrogens with one attached hydrogen (secondary N) is 2. The van der Waals surface area contributed by atoms with Crippen LogP contribution in [0.5, 0.6) is 0 Å². The molecule has 0 amide bonds. The van der Waals surface area contributed by atoms with Gasteiger partial charge in [-0.15, -0.1) is 0 Å². The van der Waals surface area contributed by atoms with E-state index in [0.717, 1.165) is 11.3 Å². The molecule has 1 fully saturated rings. The van der Waals surface area contributed by atoms with Crippen LogP contribution in [-0.4, -0.2) is 26.0 Å². The van der Waals surface area contributed by atoms with Crippen molar-refractivity contribution in [3.05, 3.63) is 30.5 Å². The lowest BCUT2D eigenvalue weighted by atomic mass is 10.1. The maximum absolute atomic E-state index is 11.1. The van der Waals surface area contributed by atoms with Crippen LogP contribution < -0.4 is 0 Å². The zero-order chi connectivity index (χ0) is 11.2. The first-order valence-corrected chi connectivity index (χ1v) is 5.14. The third kappa shape index (κ3) is 1.18. The van der Waals surface area contributed by atoms with Gasteiger partial charge in [-0.3, -0.25) is 4.79 Å². The smallest absolute Gasteiger partial charge is 0.317 e. The van der Waals surface area contributed by atoms with Gasteiger partial charge in [-0.05, 0) is 18.9 Å². The molecule has 0 unspecified atom stereocenters. The largest absolute Gasteiger partial charge is 0.480 e. The summed E-state index contributed by atoms with van der Waals surface area (Å²) in [5, 5.41) is 9.13. The van der Waals surface area contributed by atoms with Crippen LogP contribution in [0.25, 0.3) is 11.3 Å². The Bertz CT molecular complexity index is 523. The van der Waals surface area contributed by atoms with Crippen molar-refractivity contribution in [3.8, 4) is 11.3 Å². The highest BCUT2D eigenvalue weighted by Gasteiger charge is 2.54. The van der Waals surface area contributed by atoms with Gasteiger partial charge in [-0.2, -0.15) is 0 Å². The van der Waals surface area contributed by atoms with Crippen molar-refractivity contribution in [1.82, 2.24) is 15.0 Å². The summed E-state index contributed by atoms with van der Waals surface area (Å²) in [6.45, 7) is 0. The first kappa shape index (κ1) is 9.21. The quantitative estimate of drug-likeness (QED) is 0.729. The summed E-state index contributed by atoms with van der Waals surface area (Å²) in [5.41, 5.74) is 1.08. The number of nitrogens with zero attached hydrogens (tertiary/aromatic N) is 1. The Balaban J connectivity index is 1.98. The predicted octanol–water partition coefficient (Wildman–Crippen LogP) is 1.52. The Morgan fingerprint density at radius 3 is 2.88 bits per heavy atom. The number of imidazole rings is 1. The molecule has 0 saturated heterocycles. The molecule has 1 saturated carbocycles. The van der Waals surface area contributed by atoms with E-state index in [9.17, 15) is 4.79 Å². The van der Waals surface area contributed by atoms with Crippen molar-refractivity contribution in [2.45, 2.75) is 18.3 Å². The molecule has 0 atom stereocenters. The molecule has 82 valence electrons. The van der Waals surface area contributed by atoms with Crippen LogP contribution in [0.2, 0.25) is 0 Å². The summed E-state index contributed by atoms with van der Waals surface area (Å²) < 4.78 is 0.